The second-order valence-corrected chi connectivity index (χ2v) is 5.73. The third-order valence-electron chi connectivity index (χ3n) is 4.02. The van der Waals surface area contributed by atoms with Gasteiger partial charge in [-0.1, -0.05) is 6.92 Å². The number of carbonyl (C=O) groups is 1. The van der Waals surface area contributed by atoms with Crippen molar-refractivity contribution >= 4 is 5.91 Å². The molecule has 0 aromatic carbocycles. The van der Waals surface area contributed by atoms with Crippen LogP contribution in [0.3, 0.4) is 0 Å². The van der Waals surface area contributed by atoms with Crippen molar-refractivity contribution < 1.29 is 14.3 Å². The first-order valence-electron chi connectivity index (χ1n) is 7.72. The summed E-state index contributed by atoms with van der Waals surface area (Å²) in [6, 6.07) is 0. The molecular formula is C14H27N3O3. The van der Waals surface area contributed by atoms with Crippen LogP contribution in [0.5, 0.6) is 0 Å². The molecule has 2 aliphatic rings. The van der Waals surface area contributed by atoms with Crippen LogP contribution in [-0.4, -0.2) is 55.4 Å². The smallest absolute Gasteiger partial charge is 0.263 e. The molecule has 2 saturated heterocycles. The number of nitrogens with zero attached hydrogens (tertiary/aromatic N) is 1. The molecule has 6 heteroatoms. The van der Waals surface area contributed by atoms with Crippen LogP contribution in [0.2, 0.25) is 0 Å². The van der Waals surface area contributed by atoms with E-state index in [-0.39, 0.29) is 18.1 Å². The fraction of sp³-hybridized carbons (Fsp3) is 0.929. The lowest BCUT2D eigenvalue weighted by atomic mass is 10.1. The number of ether oxygens (including phenoxy) is 2. The summed E-state index contributed by atoms with van der Waals surface area (Å²) < 4.78 is 11.6. The van der Waals surface area contributed by atoms with Gasteiger partial charge in [-0.3, -0.25) is 15.1 Å². The Morgan fingerprint density at radius 1 is 1.45 bits per heavy atom. The molecule has 2 aliphatic heterocycles. The molecule has 0 radical (unpaired) electrons. The Bertz CT molecular complexity index is 314. The van der Waals surface area contributed by atoms with Gasteiger partial charge in [-0.05, 0) is 38.6 Å². The average molecular weight is 285 g/mol. The van der Waals surface area contributed by atoms with Gasteiger partial charge in [0.2, 0.25) is 0 Å². The molecule has 0 spiro atoms. The standard InChI is InChI=1S/C14H27N3O3/c1-2-8-19-11-4-3-7-17(9-11)10-12-5-6-13(20-12)14(18)16-15/h11-13H,2-10,15H2,1H3,(H,16,18). The van der Waals surface area contributed by atoms with Gasteiger partial charge in [0, 0.05) is 19.7 Å². The van der Waals surface area contributed by atoms with E-state index in [1.807, 2.05) is 0 Å². The number of nitrogens with two attached hydrogens (primary N) is 1. The Labute approximate surface area is 120 Å². The van der Waals surface area contributed by atoms with Crippen molar-refractivity contribution in [1.82, 2.24) is 10.3 Å². The lowest BCUT2D eigenvalue weighted by molar-refractivity contribution is -0.132. The maximum absolute atomic E-state index is 11.4. The van der Waals surface area contributed by atoms with Crippen LogP contribution in [0.1, 0.15) is 39.0 Å². The van der Waals surface area contributed by atoms with E-state index in [0.717, 1.165) is 51.9 Å². The van der Waals surface area contributed by atoms with Gasteiger partial charge in [0.05, 0.1) is 12.2 Å². The number of likely N-dealkylation sites (tertiary alicyclic amines) is 1. The van der Waals surface area contributed by atoms with Gasteiger partial charge >= 0.3 is 0 Å². The number of nitrogens with one attached hydrogen (secondary N) is 1. The molecule has 3 atom stereocenters. The van der Waals surface area contributed by atoms with Crippen molar-refractivity contribution in [2.24, 2.45) is 5.84 Å². The van der Waals surface area contributed by atoms with Gasteiger partial charge in [-0.25, -0.2) is 5.84 Å². The first kappa shape index (κ1) is 15.7. The van der Waals surface area contributed by atoms with Crippen molar-refractivity contribution in [3.63, 3.8) is 0 Å². The predicted octanol–water partition coefficient (Wildman–Crippen LogP) is 0.415. The highest BCUT2D eigenvalue weighted by Crippen LogP contribution is 2.22. The van der Waals surface area contributed by atoms with E-state index in [1.165, 1.54) is 6.42 Å². The molecule has 116 valence electrons. The van der Waals surface area contributed by atoms with Crippen molar-refractivity contribution in [1.29, 1.82) is 0 Å². The van der Waals surface area contributed by atoms with Crippen molar-refractivity contribution in [3.05, 3.63) is 0 Å². The molecule has 2 heterocycles. The molecule has 20 heavy (non-hydrogen) atoms. The Morgan fingerprint density at radius 3 is 3.05 bits per heavy atom. The van der Waals surface area contributed by atoms with E-state index in [1.54, 1.807) is 0 Å². The minimum absolute atomic E-state index is 0.141. The first-order valence-corrected chi connectivity index (χ1v) is 7.72. The fourth-order valence-electron chi connectivity index (χ4n) is 3.01. The highest BCUT2D eigenvalue weighted by atomic mass is 16.5. The third kappa shape index (κ3) is 4.41. The number of hydrogen-bond donors (Lipinski definition) is 2. The monoisotopic (exact) mass is 285 g/mol. The number of piperidine rings is 1. The number of amides is 1. The third-order valence-corrected chi connectivity index (χ3v) is 4.02. The average Bonchev–Trinajstić information content (AvgIpc) is 2.93. The van der Waals surface area contributed by atoms with Gasteiger partial charge in [0.25, 0.3) is 5.91 Å². The number of rotatable bonds is 6. The van der Waals surface area contributed by atoms with E-state index in [9.17, 15) is 4.79 Å². The zero-order chi connectivity index (χ0) is 14.4. The summed E-state index contributed by atoms with van der Waals surface area (Å²) >= 11 is 0. The van der Waals surface area contributed by atoms with Gasteiger partial charge in [0.1, 0.15) is 6.10 Å². The number of carbonyl (C=O) groups excluding carboxylic acids is 1. The van der Waals surface area contributed by atoms with Crippen LogP contribution in [0.25, 0.3) is 0 Å². The summed E-state index contributed by atoms with van der Waals surface area (Å²) in [5, 5.41) is 0. The highest BCUT2D eigenvalue weighted by Gasteiger charge is 2.32. The second kappa shape index (κ2) is 7.93. The van der Waals surface area contributed by atoms with E-state index in [0.29, 0.717) is 6.10 Å². The lowest BCUT2D eigenvalue weighted by Crippen LogP contribution is -2.44. The minimum atomic E-state index is -0.373. The molecule has 0 aliphatic carbocycles. The molecule has 0 bridgehead atoms. The summed E-state index contributed by atoms with van der Waals surface area (Å²) in [4.78, 5) is 13.8. The molecule has 2 rings (SSSR count). The Hall–Kier alpha value is -0.690. The Balaban J connectivity index is 1.72. The zero-order valence-corrected chi connectivity index (χ0v) is 12.3. The number of hydrogen-bond acceptors (Lipinski definition) is 5. The molecule has 2 fully saturated rings. The molecular weight excluding hydrogens is 258 g/mol. The molecule has 3 N–H and O–H groups in total. The van der Waals surface area contributed by atoms with Gasteiger partial charge in [-0.2, -0.15) is 0 Å². The van der Waals surface area contributed by atoms with Crippen molar-refractivity contribution in [2.75, 3.05) is 26.2 Å². The SMILES string of the molecule is CCCOC1CCCN(CC2CCC(C(=O)NN)O2)C1. The summed E-state index contributed by atoms with van der Waals surface area (Å²) in [5.41, 5.74) is 2.16. The predicted molar refractivity (Wildman–Crippen MR) is 75.9 cm³/mol. The summed E-state index contributed by atoms with van der Waals surface area (Å²) in [7, 11) is 0. The van der Waals surface area contributed by atoms with Crippen LogP contribution in [-0.2, 0) is 14.3 Å². The van der Waals surface area contributed by atoms with Gasteiger partial charge < -0.3 is 9.47 Å². The van der Waals surface area contributed by atoms with Gasteiger partial charge in [-0.15, -0.1) is 0 Å². The lowest BCUT2D eigenvalue weighted by Gasteiger charge is -2.34. The Kier molecular flexibility index (Phi) is 6.22. The first-order chi connectivity index (χ1) is 9.72. The molecule has 1 amide bonds. The second-order valence-electron chi connectivity index (χ2n) is 5.73. The quantitative estimate of drug-likeness (QED) is 0.420. The van der Waals surface area contributed by atoms with Crippen LogP contribution in [0.4, 0.5) is 0 Å². The fourth-order valence-corrected chi connectivity index (χ4v) is 3.01. The summed E-state index contributed by atoms with van der Waals surface area (Å²) in [6.07, 6.45) is 5.20. The van der Waals surface area contributed by atoms with E-state index >= 15 is 0 Å². The maximum Gasteiger partial charge on any atom is 0.263 e. The van der Waals surface area contributed by atoms with Gasteiger partial charge in [0.15, 0.2) is 0 Å². The van der Waals surface area contributed by atoms with Crippen LogP contribution in [0, 0.1) is 0 Å². The van der Waals surface area contributed by atoms with E-state index in [4.69, 9.17) is 15.3 Å². The Morgan fingerprint density at radius 2 is 2.30 bits per heavy atom. The largest absolute Gasteiger partial charge is 0.377 e. The van der Waals surface area contributed by atoms with Crippen LogP contribution >= 0.6 is 0 Å². The molecule has 0 aromatic rings. The summed E-state index contributed by atoms with van der Waals surface area (Å²) in [6.45, 7) is 5.94. The van der Waals surface area contributed by atoms with E-state index < -0.39 is 0 Å². The maximum atomic E-state index is 11.4. The molecule has 3 unspecified atom stereocenters. The topological polar surface area (TPSA) is 76.8 Å². The molecule has 0 aromatic heterocycles. The highest BCUT2D eigenvalue weighted by molar-refractivity contribution is 5.80. The minimum Gasteiger partial charge on any atom is -0.377 e. The van der Waals surface area contributed by atoms with Crippen molar-refractivity contribution in [3.8, 4) is 0 Å². The molecule has 6 nitrogen and oxygen atoms in total. The zero-order valence-electron chi connectivity index (χ0n) is 12.3. The van der Waals surface area contributed by atoms with E-state index in [2.05, 4.69) is 17.2 Å². The molecule has 0 saturated carbocycles. The summed E-state index contributed by atoms with van der Waals surface area (Å²) in [5.74, 6) is 4.93. The van der Waals surface area contributed by atoms with Crippen molar-refractivity contribution in [2.45, 2.75) is 57.3 Å². The normalized spacial score (nSPS) is 31.4. The number of hydrazine groups is 1. The van der Waals surface area contributed by atoms with Crippen LogP contribution < -0.4 is 11.3 Å². The van der Waals surface area contributed by atoms with Crippen LogP contribution in [0.15, 0.2) is 0 Å².